The van der Waals surface area contributed by atoms with Gasteiger partial charge in [0.05, 0.1) is 6.61 Å². The summed E-state index contributed by atoms with van der Waals surface area (Å²) in [6.45, 7) is 4.40. The zero-order chi connectivity index (χ0) is 11.4. The maximum Gasteiger partial charge on any atom is 0.225 e. The molecular weight excluding hydrogens is 202 g/mol. The molecular formula is C12H19N3O. The quantitative estimate of drug-likeness (QED) is 0.824. The fourth-order valence-electron chi connectivity index (χ4n) is 2.06. The normalized spacial score (nSPS) is 21.9. The van der Waals surface area contributed by atoms with Crippen molar-refractivity contribution in [3.8, 4) is 0 Å². The van der Waals surface area contributed by atoms with Crippen LogP contribution in [0.4, 0.5) is 5.95 Å². The number of rotatable bonds is 2. The van der Waals surface area contributed by atoms with E-state index in [9.17, 15) is 0 Å². The molecule has 1 aromatic heterocycles. The van der Waals surface area contributed by atoms with E-state index in [1.807, 2.05) is 0 Å². The smallest absolute Gasteiger partial charge is 0.225 e. The molecule has 1 saturated heterocycles. The number of hydrogen-bond donors (Lipinski definition) is 1. The van der Waals surface area contributed by atoms with Gasteiger partial charge in [0.1, 0.15) is 0 Å². The van der Waals surface area contributed by atoms with E-state index in [2.05, 4.69) is 21.8 Å². The number of anilines is 1. The van der Waals surface area contributed by atoms with Gasteiger partial charge in [-0.3, -0.25) is 0 Å². The fourth-order valence-corrected chi connectivity index (χ4v) is 2.06. The van der Waals surface area contributed by atoms with E-state index in [-0.39, 0.29) is 6.61 Å². The van der Waals surface area contributed by atoms with Crippen LogP contribution in [0, 0.1) is 5.92 Å². The molecule has 1 fully saturated rings. The van der Waals surface area contributed by atoms with Gasteiger partial charge in [0.25, 0.3) is 0 Å². The Morgan fingerprint density at radius 3 is 2.75 bits per heavy atom. The molecule has 0 amide bonds. The third-order valence-electron chi connectivity index (χ3n) is 3.17. The summed E-state index contributed by atoms with van der Waals surface area (Å²) in [5.41, 5.74) is 0.770. The van der Waals surface area contributed by atoms with E-state index in [4.69, 9.17) is 5.11 Å². The molecule has 1 aliphatic heterocycles. The lowest BCUT2D eigenvalue weighted by molar-refractivity contribution is 0.281. The van der Waals surface area contributed by atoms with Crippen LogP contribution in [-0.2, 0) is 6.61 Å². The van der Waals surface area contributed by atoms with Crippen LogP contribution in [0.3, 0.4) is 0 Å². The Kier molecular flexibility index (Phi) is 3.72. The SMILES string of the molecule is CC1CCCN(c2ncc(CO)cn2)CC1. The second kappa shape index (κ2) is 5.25. The Bertz CT molecular complexity index is 326. The average Bonchev–Trinajstić information content (AvgIpc) is 2.54. The van der Waals surface area contributed by atoms with Gasteiger partial charge in [0.15, 0.2) is 0 Å². The van der Waals surface area contributed by atoms with Crippen molar-refractivity contribution >= 4 is 5.95 Å². The summed E-state index contributed by atoms with van der Waals surface area (Å²) >= 11 is 0. The summed E-state index contributed by atoms with van der Waals surface area (Å²) in [6.07, 6.45) is 7.13. The van der Waals surface area contributed by atoms with Crippen LogP contribution in [0.5, 0.6) is 0 Å². The summed E-state index contributed by atoms with van der Waals surface area (Å²) in [5, 5.41) is 8.92. The Morgan fingerprint density at radius 2 is 2.06 bits per heavy atom. The summed E-state index contributed by atoms with van der Waals surface area (Å²) in [6, 6.07) is 0. The molecule has 1 aliphatic rings. The Balaban J connectivity index is 2.04. The van der Waals surface area contributed by atoms with Crippen LogP contribution in [0.25, 0.3) is 0 Å². The Morgan fingerprint density at radius 1 is 1.31 bits per heavy atom. The minimum Gasteiger partial charge on any atom is -0.392 e. The highest BCUT2D eigenvalue weighted by Gasteiger charge is 2.15. The van der Waals surface area contributed by atoms with Gasteiger partial charge >= 0.3 is 0 Å². The van der Waals surface area contributed by atoms with Crippen LogP contribution in [0.15, 0.2) is 12.4 Å². The summed E-state index contributed by atoms with van der Waals surface area (Å²) < 4.78 is 0. The zero-order valence-electron chi connectivity index (χ0n) is 9.76. The molecule has 88 valence electrons. The number of nitrogens with zero attached hydrogens (tertiary/aromatic N) is 3. The molecule has 2 rings (SSSR count). The summed E-state index contributed by atoms with van der Waals surface area (Å²) in [4.78, 5) is 10.8. The van der Waals surface area contributed by atoms with Gasteiger partial charge in [-0.15, -0.1) is 0 Å². The van der Waals surface area contributed by atoms with Crippen molar-refractivity contribution in [2.75, 3.05) is 18.0 Å². The monoisotopic (exact) mass is 221 g/mol. The molecule has 0 radical (unpaired) electrons. The molecule has 4 heteroatoms. The third-order valence-corrected chi connectivity index (χ3v) is 3.17. The lowest BCUT2D eigenvalue weighted by Gasteiger charge is -2.20. The molecule has 16 heavy (non-hydrogen) atoms. The minimum atomic E-state index is 0.0112. The van der Waals surface area contributed by atoms with E-state index in [1.165, 1.54) is 19.3 Å². The van der Waals surface area contributed by atoms with Gasteiger partial charge in [-0.05, 0) is 25.2 Å². The van der Waals surface area contributed by atoms with Crippen LogP contribution >= 0.6 is 0 Å². The van der Waals surface area contributed by atoms with Crippen molar-refractivity contribution in [1.29, 1.82) is 0 Å². The first-order valence-corrected chi connectivity index (χ1v) is 5.96. The molecule has 0 spiro atoms. The molecule has 1 unspecified atom stereocenters. The third kappa shape index (κ3) is 2.70. The van der Waals surface area contributed by atoms with Gasteiger partial charge in [0.2, 0.25) is 5.95 Å². The highest BCUT2D eigenvalue weighted by atomic mass is 16.3. The second-order valence-electron chi connectivity index (χ2n) is 4.57. The molecule has 1 atom stereocenters. The number of hydrogen-bond acceptors (Lipinski definition) is 4. The lowest BCUT2D eigenvalue weighted by Crippen LogP contribution is -2.26. The Labute approximate surface area is 96.3 Å². The molecule has 1 aromatic rings. The lowest BCUT2D eigenvalue weighted by atomic mass is 10.0. The Hall–Kier alpha value is -1.16. The topological polar surface area (TPSA) is 49.2 Å². The van der Waals surface area contributed by atoms with E-state index < -0.39 is 0 Å². The van der Waals surface area contributed by atoms with Gasteiger partial charge in [0, 0.05) is 31.0 Å². The van der Waals surface area contributed by atoms with Crippen molar-refractivity contribution in [3.63, 3.8) is 0 Å². The summed E-state index contributed by atoms with van der Waals surface area (Å²) in [5.74, 6) is 1.60. The van der Waals surface area contributed by atoms with Gasteiger partial charge < -0.3 is 10.0 Å². The standard InChI is InChI=1S/C12H19N3O/c1-10-3-2-5-15(6-4-10)12-13-7-11(9-16)8-14-12/h7-8,10,16H,2-6,9H2,1H3. The zero-order valence-corrected chi connectivity index (χ0v) is 9.76. The molecule has 0 bridgehead atoms. The van der Waals surface area contributed by atoms with Crippen molar-refractivity contribution in [2.45, 2.75) is 32.8 Å². The maximum absolute atomic E-state index is 8.92. The van der Waals surface area contributed by atoms with Gasteiger partial charge in [-0.1, -0.05) is 6.92 Å². The van der Waals surface area contributed by atoms with E-state index in [0.29, 0.717) is 0 Å². The van der Waals surface area contributed by atoms with Crippen LogP contribution < -0.4 is 4.90 Å². The molecule has 4 nitrogen and oxygen atoms in total. The molecule has 0 aromatic carbocycles. The number of aliphatic hydroxyl groups is 1. The van der Waals surface area contributed by atoms with Crippen LogP contribution in [0.1, 0.15) is 31.7 Å². The molecule has 0 saturated carbocycles. The first kappa shape index (κ1) is 11.3. The first-order valence-electron chi connectivity index (χ1n) is 5.96. The predicted molar refractivity (Wildman–Crippen MR) is 63.2 cm³/mol. The van der Waals surface area contributed by atoms with Crippen molar-refractivity contribution in [3.05, 3.63) is 18.0 Å². The minimum absolute atomic E-state index is 0.0112. The average molecular weight is 221 g/mol. The highest BCUT2D eigenvalue weighted by molar-refractivity contribution is 5.29. The maximum atomic E-state index is 8.92. The molecule has 0 aliphatic carbocycles. The molecule has 2 heterocycles. The predicted octanol–water partition coefficient (Wildman–Crippen LogP) is 1.60. The summed E-state index contributed by atoms with van der Waals surface area (Å²) in [7, 11) is 0. The van der Waals surface area contributed by atoms with Crippen molar-refractivity contribution in [1.82, 2.24) is 9.97 Å². The van der Waals surface area contributed by atoms with Crippen molar-refractivity contribution in [2.24, 2.45) is 5.92 Å². The van der Waals surface area contributed by atoms with Gasteiger partial charge in [-0.2, -0.15) is 0 Å². The second-order valence-corrected chi connectivity index (χ2v) is 4.57. The van der Waals surface area contributed by atoms with Crippen LogP contribution in [-0.4, -0.2) is 28.2 Å². The molecule has 1 N–H and O–H groups in total. The van der Waals surface area contributed by atoms with E-state index in [1.54, 1.807) is 12.4 Å². The fraction of sp³-hybridized carbons (Fsp3) is 0.667. The van der Waals surface area contributed by atoms with E-state index >= 15 is 0 Å². The number of aromatic nitrogens is 2. The first-order chi connectivity index (χ1) is 7.79. The van der Waals surface area contributed by atoms with E-state index in [0.717, 1.165) is 30.5 Å². The van der Waals surface area contributed by atoms with Crippen molar-refractivity contribution < 1.29 is 5.11 Å². The van der Waals surface area contributed by atoms with Crippen LogP contribution in [0.2, 0.25) is 0 Å². The largest absolute Gasteiger partial charge is 0.392 e. The number of aliphatic hydroxyl groups excluding tert-OH is 1. The van der Waals surface area contributed by atoms with Gasteiger partial charge in [-0.25, -0.2) is 9.97 Å². The highest BCUT2D eigenvalue weighted by Crippen LogP contribution is 2.19.